The van der Waals surface area contributed by atoms with Crippen LogP contribution in [0.4, 0.5) is 0 Å². The van der Waals surface area contributed by atoms with Crippen molar-refractivity contribution in [2.24, 2.45) is 5.73 Å². The maximum atomic E-state index is 6.39. The summed E-state index contributed by atoms with van der Waals surface area (Å²) in [6.07, 6.45) is 4.13. The summed E-state index contributed by atoms with van der Waals surface area (Å²) >= 11 is 1.91. The maximum absolute atomic E-state index is 6.39. The molecule has 0 aliphatic carbocycles. The smallest absolute Gasteiger partial charge is 0.0594 e. The first-order valence-electron chi connectivity index (χ1n) is 8.38. The Labute approximate surface area is 133 Å². The number of nitrogens with two attached hydrogens (primary N) is 1. The number of piperidine rings is 1. The highest BCUT2D eigenvalue weighted by molar-refractivity contribution is 7.12. The lowest BCUT2D eigenvalue weighted by molar-refractivity contribution is -0.0123. The maximum Gasteiger partial charge on any atom is 0.0594 e. The fraction of sp³-hybridized carbons (Fsp3) is 0.765. The molecule has 0 radical (unpaired) electrons. The van der Waals surface area contributed by atoms with Gasteiger partial charge in [-0.25, -0.2) is 0 Å². The summed E-state index contributed by atoms with van der Waals surface area (Å²) in [7, 11) is 0. The third-order valence-corrected chi connectivity index (χ3v) is 6.21. The summed E-state index contributed by atoms with van der Waals surface area (Å²) in [4.78, 5) is 8.23. The molecule has 118 valence electrons. The summed E-state index contributed by atoms with van der Waals surface area (Å²) in [6.45, 7) is 10.4. The zero-order valence-electron chi connectivity index (χ0n) is 13.6. The van der Waals surface area contributed by atoms with E-state index in [1.54, 1.807) is 0 Å². The number of hydrogen-bond donors (Lipinski definition) is 1. The lowest BCUT2D eigenvalue weighted by Gasteiger charge is -2.50. The van der Waals surface area contributed by atoms with Gasteiger partial charge in [0.15, 0.2) is 0 Å². The van der Waals surface area contributed by atoms with E-state index in [-0.39, 0.29) is 6.04 Å². The van der Waals surface area contributed by atoms with E-state index in [0.717, 1.165) is 6.04 Å². The van der Waals surface area contributed by atoms with Gasteiger partial charge in [-0.05, 0) is 52.3 Å². The Kier molecular flexibility index (Phi) is 4.69. The van der Waals surface area contributed by atoms with Crippen LogP contribution in [0, 0.1) is 6.92 Å². The van der Waals surface area contributed by atoms with E-state index >= 15 is 0 Å². The van der Waals surface area contributed by atoms with Gasteiger partial charge in [-0.1, -0.05) is 6.42 Å². The Balaban J connectivity index is 1.81. The average molecular weight is 308 g/mol. The van der Waals surface area contributed by atoms with Gasteiger partial charge < -0.3 is 5.73 Å². The first kappa shape index (κ1) is 15.5. The fourth-order valence-corrected chi connectivity index (χ4v) is 5.21. The number of rotatable bonds is 3. The van der Waals surface area contributed by atoms with Gasteiger partial charge in [-0.2, -0.15) is 0 Å². The first-order valence-corrected chi connectivity index (χ1v) is 9.19. The zero-order chi connectivity index (χ0) is 15.0. The minimum absolute atomic E-state index is 0.181. The quantitative estimate of drug-likeness (QED) is 0.932. The molecule has 21 heavy (non-hydrogen) atoms. The van der Waals surface area contributed by atoms with Gasteiger partial charge in [0.2, 0.25) is 0 Å². The number of nitrogens with zero attached hydrogens (tertiary/aromatic N) is 2. The molecule has 1 aromatic heterocycles. The Morgan fingerprint density at radius 3 is 2.76 bits per heavy atom. The Hall–Kier alpha value is -0.420. The monoisotopic (exact) mass is 307 g/mol. The van der Waals surface area contributed by atoms with Crippen molar-refractivity contribution in [2.45, 2.75) is 64.2 Å². The molecule has 0 bridgehead atoms. The van der Waals surface area contributed by atoms with Crippen molar-refractivity contribution >= 4 is 11.3 Å². The molecular weight excluding hydrogens is 278 g/mol. The van der Waals surface area contributed by atoms with Crippen LogP contribution >= 0.6 is 11.3 Å². The highest BCUT2D eigenvalue weighted by atomic mass is 32.1. The standard InChI is InChI=1S/C17H29N3S/c1-12-10-19-9-5-4-6-15(19)11-20(12)17(14(3)18)16-8-7-13(2)21-16/h7-8,12,14-15,17H,4-6,9-11,18H2,1-3H3. The molecule has 4 atom stereocenters. The highest BCUT2D eigenvalue weighted by Gasteiger charge is 2.38. The second-order valence-corrected chi connectivity index (χ2v) is 8.26. The molecule has 4 heteroatoms. The molecule has 3 nitrogen and oxygen atoms in total. The molecule has 1 aromatic rings. The lowest BCUT2D eigenvalue weighted by Crippen LogP contribution is -2.60. The van der Waals surface area contributed by atoms with E-state index in [2.05, 4.69) is 42.7 Å². The minimum Gasteiger partial charge on any atom is -0.326 e. The number of thiophene rings is 1. The van der Waals surface area contributed by atoms with Crippen LogP contribution in [0.3, 0.4) is 0 Å². The number of hydrogen-bond acceptors (Lipinski definition) is 4. The van der Waals surface area contributed by atoms with Crippen LogP contribution in [-0.2, 0) is 0 Å². The van der Waals surface area contributed by atoms with E-state index in [4.69, 9.17) is 5.73 Å². The van der Waals surface area contributed by atoms with Gasteiger partial charge in [0.05, 0.1) is 6.04 Å². The lowest BCUT2D eigenvalue weighted by atomic mass is 9.94. The molecule has 3 heterocycles. The molecule has 2 N–H and O–H groups in total. The number of aryl methyl sites for hydroxylation is 1. The SMILES string of the molecule is Cc1ccc(C(C(C)N)N2CC3CCCCN3CC2C)s1. The normalized spacial score (nSPS) is 30.9. The van der Waals surface area contributed by atoms with Gasteiger partial charge in [-0.15, -0.1) is 11.3 Å². The van der Waals surface area contributed by atoms with Crippen molar-refractivity contribution in [2.75, 3.05) is 19.6 Å². The predicted molar refractivity (Wildman–Crippen MR) is 90.8 cm³/mol. The van der Waals surface area contributed by atoms with Crippen LogP contribution < -0.4 is 5.73 Å². The van der Waals surface area contributed by atoms with Crippen LogP contribution in [0.25, 0.3) is 0 Å². The summed E-state index contributed by atoms with van der Waals surface area (Å²) in [5, 5.41) is 0. The van der Waals surface area contributed by atoms with E-state index < -0.39 is 0 Å². The molecule has 0 spiro atoms. The molecule has 0 saturated carbocycles. The summed E-state index contributed by atoms with van der Waals surface area (Å²) in [5.41, 5.74) is 6.39. The van der Waals surface area contributed by atoms with E-state index in [1.165, 1.54) is 48.7 Å². The Bertz CT molecular complexity index is 470. The molecule has 2 fully saturated rings. The van der Waals surface area contributed by atoms with Crippen molar-refractivity contribution in [3.05, 3.63) is 21.9 Å². The van der Waals surface area contributed by atoms with Crippen LogP contribution in [0.2, 0.25) is 0 Å². The molecule has 2 saturated heterocycles. The first-order chi connectivity index (χ1) is 10.1. The minimum atomic E-state index is 0.181. The van der Waals surface area contributed by atoms with Crippen molar-refractivity contribution < 1.29 is 0 Å². The molecule has 0 amide bonds. The molecule has 2 aliphatic heterocycles. The second-order valence-electron chi connectivity index (χ2n) is 6.94. The third kappa shape index (κ3) is 3.19. The molecule has 2 aliphatic rings. The van der Waals surface area contributed by atoms with E-state index in [0.29, 0.717) is 12.1 Å². The van der Waals surface area contributed by atoms with Gasteiger partial charge in [0.25, 0.3) is 0 Å². The summed E-state index contributed by atoms with van der Waals surface area (Å²) < 4.78 is 0. The fourth-order valence-electron chi connectivity index (χ4n) is 4.10. The van der Waals surface area contributed by atoms with Crippen molar-refractivity contribution in [3.63, 3.8) is 0 Å². The van der Waals surface area contributed by atoms with Gasteiger partial charge >= 0.3 is 0 Å². The topological polar surface area (TPSA) is 32.5 Å². The summed E-state index contributed by atoms with van der Waals surface area (Å²) in [6, 6.07) is 6.42. The van der Waals surface area contributed by atoms with Crippen molar-refractivity contribution in [1.29, 1.82) is 0 Å². The van der Waals surface area contributed by atoms with Crippen LogP contribution in [0.15, 0.2) is 12.1 Å². The number of piperazine rings is 1. The third-order valence-electron chi connectivity index (χ3n) is 5.14. The van der Waals surface area contributed by atoms with Gasteiger partial charge in [0, 0.05) is 41.0 Å². The van der Waals surface area contributed by atoms with E-state index in [1.807, 2.05) is 11.3 Å². The largest absolute Gasteiger partial charge is 0.326 e. The molecule has 3 rings (SSSR count). The molecule has 0 aromatic carbocycles. The number of fused-ring (bicyclic) bond motifs is 1. The van der Waals surface area contributed by atoms with Crippen LogP contribution in [0.5, 0.6) is 0 Å². The van der Waals surface area contributed by atoms with Crippen LogP contribution in [0.1, 0.15) is 48.9 Å². The Morgan fingerprint density at radius 1 is 1.29 bits per heavy atom. The summed E-state index contributed by atoms with van der Waals surface area (Å²) in [5.74, 6) is 0. The highest BCUT2D eigenvalue weighted by Crippen LogP contribution is 2.35. The van der Waals surface area contributed by atoms with Crippen molar-refractivity contribution in [3.8, 4) is 0 Å². The Morgan fingerprint density at radius 2 is 2.10 bits per heavy atom. The van der Waals surface area contributed by atoms with E-state index in [9.17, 15) is 0 Å². The van der Waals surface area contributed by atoms with Crippen LogP contribution in [-0.4, -0.2) is 47.6 Å². The second kappa shape index (κ2) is 6.37. The predicted octanol–water partition coefficient (Wildman–Crippen LogP) is 3.00. The van der Waals surface area contributed by atoms with Gasteiger partial charge in [-0.3, -0.25) is 9.80 Å². The molecule has 4 unspecified atom stereocenters. The van der Waals surface area contributed by atoms with Gasteiger partial charge in [0.1, 0.15) is 0 Å². The molecular formula is C17H29N3S. The van der Waals surface area contributed by atoms with Crippen molar-refractivity contribution in [1.82, 2.24) is 9.80 Å². The zero-order valence-corrected chi connectivity index (χ0v) is 14.4. The average Bonchev–Trinajstić information content (AvgIpc) is 2.85.